The number of hydrogen-bond donors (Lipinski definition) is 3. The number of benzene rings is 5. The van der Waals surface area contributed by atoms with Gasteiger partial charge in [0, 0.05) is 16.8 Å². The fourth-order valence-corrected chi connectivity index (χ4v) is 6.98. The summed E-state index contributed by atoms with van der Waals surface area (Å²) in [7, 11) is -7.84. The number of nitrogens with zero attached hydrogens (tertiary/aromatic N) is 2. The van der Waals surface area contributed by atoms with Crippen molar-refractivity contribution in [3.63, 3.8) is 0 Å². The molecule has 0 spiro atoms. The van der Waals surface area contributed by atoms with Crippen molar-refractivity contribution in [2.45, 2.75) is 76.4 Å². The van der Waals surface area contributed by atoms with E-state index in [9.17, 15) is 21.6 Å². The first-order valence-corrected chi connectivity index (χ1v) is 21.2. The van der Waals surface area contributed by atoms with Gasteiger partial charge in [-0.25, -0.2) is 31.5 Å². The monoisotopic (exact) mass is 811 g/mol. The van der Waals surface area contributed by atoms with Gasteiger partial charge in [-0.15, -0.1) is 0 Å². The van der Waals surface area contributed by atoms with Gasteiger partial charge in [-0.2, -0.15) is 0 Å². The van der Waals surface area contributed by atoms with Gasteiger partial charge in [-0.1, -0.05) is 141 Å². The Kier molecular flexibility index (Phi) is 15.7. The van der Waals surface area contributed by atoms with E-state index in [1.807, 2.05) is 107 Å². The average Bonchev–Trinajstić information content (AvgIpc) is 3.18. The molecule has 0 saturated carbocycles. The van der Waals surface area contributed by atoms with Crippen molar-refractivity contribution < 1.29 is 31.3 Å². The molecule has 12 nitrogen and oxygen atoms in total. The maximum Gasteiger partial charge on any atom is 0.333 e. The van der Waals surface area contributed by atoms with E-state index in [4.69, 9.17) is 14.8 Å². The molecule has 14 heteroatoms. The molecule has 0 bridgehead atoms. The Labute approximate surface area is 335 Å². The van der Waals surface area contributed by atoms with Crippen molar-refractivity contribution in [1.29, 1.82) is 0 Å². The Morgan fingerprint density at radius 1 is 0.614 bits per heavy atom. The van der Waals surface area contributed by atoms with E-state index in [1.165, 1.54) is 24.3 Å². The number of rotatable bonds is 14. The van der Waals surface area contributed by atoms with Crippen molar-refractivity contribution in [3.8, 4) is 0 Å². The standard InChI is InChI=1S/C28H33N3O4S.C15H16N2O3S/c1-19(2)25-15-10-16-26(20(3)4)27(25)29-28(32)31-36(33,34)24-14-9-13-23(17-24)21(5)30-35-18-22-11-7-6-8-12-22;1-12(17-20-11-13-6-3-2-4-7-13)14-8-5-9-15(10-14)21(16,18)19/h6-17,19-20H,18H2,1-5H3,(H2,29,31,32);2-10H,11H2,1H3,(H2,16,18,19)/b30-21+;17-12+. The number of amides is 2. The molecule has 5 aromatic rings. The molecule has 0 fully saturated rings. The number of para-hydroxylation sites is 1. The van der Waals surface area contributed by atoms with Crippen LogP contribution in [0.4, 0.5) is 10.5 Å². The van der Waals surface area contributed by atoms with E-state index in [0.717, 1.165) is 22.3 Å². The van der Waals surface area contributed by atoms with E-state index < -0.39 is 26.1 Å². The molecule has 0 aliphatic carbocycles. The zero-order valence-corrected chi connectivity index (χ0v) is 34.5. The van der Waals surface area contributed by atoms with Gasteiger partial charge >= 0.3 is 6.03 Å². The lowest BCUT2D eigenvalue weighted by Crippen LogP contribution is -2.35. The lowest BCUT2D eigenvalue weighted by molar-refractivity contribution is 0.130. The molecule has 0 heterocycles. The topological polar surface area (TPSA) is 179 Å². The van der Waals surface area contributed by atoms with Crippen molar-refractivity contribution >= 4 is 43.2 Å². The van der Waals surface area contributed by atoms with Gasteiger partial charge in [0.1, 0.15) is 13.2 Å². The molecule has 0 atom stereocenters. The Bertz CT molecular complexity index is 2380. The molecule has 5 rings (SSSR count). The van der Waals surface area contributed by atoms with Gasteiger partial charge in [-0.05, 0) is 72.2 Å². The molecule has 0 aliphatic heterocycles. The van der Waals surface area contributed by atoms with Crippen LogP contribution in [-0.4, -0.2) is 34.3 Å². The summed E-state index contributed by atoms with van der Waals surface area (Å²) in [6.45, 7) is 12.2. The third-order valence-electron chi connectivity index (χ3n) is 8.53. The second-order valence-electron chi connectivity index (χ2n) is 13.7. The van der Waals surface area contributed by atoms with Crippen LogP contribution in [0.2, 0.25) is 0 Å². The minimum atomic E-state index is -4.12. The average molecular weight is 812 g/mol. The SMILES string of the molecule is C/C(=N\OCc1ccccc1)c1cccc(S(=O)(=O)NC(=O)Nc2c(C(C)C)cccc2C(C)C)c1.C/C(=N\OCc1ccccc1)c1cccc(S(N)(=O)=O)c1. The van der Waals surface area contributed by atoms with Crippen LogP contribution in [0, 0.1) is 0 Å². The quantitative estimate of drug-likeness (QED) is 0.0742. The smallest absolute Gasteiger partial charge is 0.333 e. The fraction of sp³-hybridized carbons (Fsp3) is 0.233. The van der Waals surface area contributed by atoms with Crippen LogP contribution in [-0.2, 0) is 42.9 Å². The zero-order chi connectivity index (χ0) is 41.6. The minimum Gasteiger partial charge on any atom is -0.391 e. The summed E-state index contributed by atoms with van der Waals surface area (Å²) in [5.41, 5.74) is 6.82. The fourth-order valence-electron chi connectivity index (χ4n) is 5.46. The summed E-state index contributed by atoms with van der Waals surface area (Å²) in [4.78, 5) is 23.5. The molecule has 0 unspecified atom stereocenters. The molecule has 0 aromatic heterocycles. The maximum absolute atomic E-state index is 13.0. The summed E-state index contributed by atoms with van der Waals surface area (Å²) in [5.74, 6) is 0.303. The van der Waals surface area contributed by atoms with Crippen LogP contribution >= 0.6 is 0 Å². The lowest BCUT2D eigenvalue weighted by Gasteiger charge is -2.20. The number of nitrogens with one attached hydrogen (secondary N) is 2. The van der Waals surface area contributed by atoms with Crippen molar-refractivity contribution in [1.82, 2.24) is 4.72 Å². The first-order chi connectivity index (χ1) is 27.0. The summed E-state index contributed by atoms with van der Waals surface area (Å²) in [5, 5.41) is 16.0. The second kappa shape index (κ2) is 20.4. The van der Waals surface area contributed by atoms with E-state index in [1.54, 1.807) is 38.1 Å². The number of hydrogen-bond acceptors (Lipinski definition) is 9. The molecule has 0 saturated heterocycles. The highest BCUT2D eigenvalue weighted by atomic mass is 32.2. The van der Waals surface area contributed by atoms with Crippen LogP contribution in [0.25, 0.3) is 0 Å². The van der Waals surface area contributed by atoms with Crippen LogP contribution in [0.1, 0.15) is 86.8 Å². The first-order valence-electron chi connectivity index (χ1n) is 18.2. The van der Waals surface area contributed by atoms with Gasteiger partial charge in [0.05, 0.1) is 21.2 Å². The zero-order valence-electron chi connectivity index (χ0n) is 32.8. The van der Waals surface area contributed by atoms with Crippen LogP contribution < -0.4 is 15.2 Å². The molecular formula is C43H49N5O7S2. The van der Waals surface area contributed by atoms with Crippen LogP contribution in [0.3, 0.4) is 0 Å². The van der Waals surface area contributed by atoms with Gasteiger partial charge in [0.2, 0.25) is 10.0 Å². The van der Waals surface area contributed by atoms with E-state index >= 15 is 0 Å². The van der Waals surface area contributed by atoms with E-state index in [0.29, 0.717) is 41.5 Å². The predicted octanol–water partition coefficient (Wildman–Crippen LogP) is 8.66. The lowest BCUT2D eigenvalue weighted by atomic mass is 9.93. The van der Waals surface area contributed by atoms with Crippen LogP contribution in [0.5, 0.6) is 0 Å². The van der Waals surface area contributed by atoms with Crippen LogP contribution in [0.15, 0.2) is 147 Å². The highest BCUT2D eigenvalue weighted by Gasteiger charge is 2.21. The Morgan fingerprint density at radius 2 is 1.04 bits per heavy atom. The minimum absolute atomic E-state index is 0.0472. The first kappa shape index (κ1) is 43.9. The molecule has 2 amide bonds. The third kappa shape index (κ3) is 13.4. The molecular weight excluding hydrogens is 763 g/mol. The molecule has 300 valence electrons. The highest BCUT2D eigenvalue weighted by Crippen LogP contribution is 2.32. The Hall–Kier alpha value is -5.83. The van der Waals surface area contributed by atoms with Gasteiger partial charge < -0.3 is 15.0 Å². The number of carbonyl (C=O) groups is 1. The molecule has 57 heavy (non-hydrogen) atoms. The number of carbonyl (C=O) groups excluding carboxylic acids is 1. The molecule has 0 radical (unpaired) electrons. The van der Waals surface area contributed by atoms with E-state index in [-0.39, 0.29) is 21.6 Å². The summed E-state index contributed by atoms with van der Waals surface area (Å²) in [6.07, 6.45) is 0. The van der Waals surface area contributed by atoms with Crippen molar-refractivity contribution in [2.75, 3.05) is 5.32 Å². The van der Waals surface area contributed by atoms with E-state index in [2.05, 4.69) is 20.4 Å². The number of anilines is 1. The maximum atomic E-state index is 13.0. The summed E-state index contributed by atoms with van der Waals surface area (Å²) in [6, 6.07) is 36.8. The highest BCUT2D eigenvalue weighted by molar-refractivity contribution is 7.90. The number of primary sulfonamides is 1. The molecule has 4 N–H and O–H groups in total. The summed E-state index contributed by atoms with van der Waals surface area (Å²) >= 11 is 0. The second-order valence-corrected chi connectivity index (χ2v) is 16.9. The Morgan fingerprint density at radius 3 is 1.47 bits per heavy atom. The normalized spacial score (nSPS) is 12.1. The summed E-state index contributed by atoms with van der Waals surface area (Å²) < 4.78 is 50.8. The Balaban J connectivity index is 0.000000290. The largest absolute Gasteiger partial charge is 0.391 e. The number of urea groups is 1. The van der Waals surface area contributed by atoms with Crippen molar-refractivity contribution in [3.05, 3.63) is 161 Å². The molecule has 0 aliphatic rings. The third-order valence-corrected chi connectivity index (χ3v) is 10.8. The van der Waals surface area contributed by atoms with Crippen molar-refractivity contribution in [2.24, 2.45) is 15.5 Å². The number of nitrogens with two attached hydrogens (primary N) is 1. The predicted molar refractivity (Wildman–Crippen MR) is 225 cm³/mol. The number of oxime groups is 2. The van der Waals surface area contributed by atoms with Gasteiger partial charge in [0.15, 0.2) is 0 Å². The molecule has 5 aromatic carbocycles. The number of sulfonamides is 2. The van der Waals surface area contributed by atoms with Gasteiger partial charge in [0.25, 0.3) is 10.0 Å². The van der Waals surface area contributed by atoms with Gasteiger partial charge in [-0.3, -0.25) is 0 Å².